The molecule has 1 unspecified atom stereocenters. The van der Waals surface area contributed by atoms with Gasteiger partial charge in [0.05, 0.1) is 6.04 Å². The number of halogens is 1. The fraction of sp³-hybridized carbons (Fsp3) is 0.417. The molecule has 0 radical (unpaired) electrons. The zero-order valence-corrected chi connectivity index (χ0v) is 11.4. The molecule has 1 saturated heterocycles. The monoisotopic (exact) mass is 307 g/mol. The molecule has 0 saturated carbocycles. The molecule has 0 aromatic carbocycles. The summed E-state index contributed by atoms with van der Waals surface area (Å²) in [5.41, 5.74) is 0.919. The number of aromatic amines is 1. The zero-order valence-electron chi connectivity index (χ0n) is 9.86. The molecule has 2 aromatic heterocycles. The molecule has 1 aliphatic heterocycles. The Bertz CT molecular complexity index is 533. The molecular formula is C12H14BrN5. The standard InChI is InChI=1S/C12H14BrN5/c13-9-5-8(6-14-7-9)11-16-12(18-17-11)10-3-1-2-4-15-10/h5-7,10,15H,1-4H2,(H,16,17,18). The average molecular weight is 308 g/mol. The van der Waals surface area contributed by atoms with E-state index in [-0.39, 0.29) is 0 Å². The second-order valence-corrected chi connectivity index (χ2v) is 5.35. The maximum Gasteiger partial charge on any atom is 0.182 e. The Morgan fingerprint density at radius 1 is 1.28 bits per heavy atom. The number of aromatic nitrogens is 4. The minimum atomic E-state index is 0.306. The highest BCUT2D eigenvalue weighted by atomic mass is 79.9. The molecule has 0 aliphatic carbocycles. The summed E-state index contributed by atoms with van der Waals surface area (Å²) in [6.45, 7) is 1.05. The SMILES string of the molecule is Brc1cncc(-c2n[nH]c(C3CCCCN3)n2)c1. The van der Waals surface area contributed by atoms with Crippen LogP contribution in [0.25, 0.3) is 11.4 Å². The summed E-state index contributed by atoms with van der Waals surface area (Å²) in [6, 6.07) is 2.27. The van der Waals surface area contributed by atoms with E-state index in [1.165, 1.54) is 12.8 Å². The average Bonchev–Trinajstić information content (AvgIpc) is 2.89. The Morgan fingerprint density at radius 2 is 2.22 bits per heavy atom. The van der Waals surface area contributed by atoms with Gasteiger partial charge in [0.25, 0.3) is 0 Å². The number of nitrogens with one attached hydrogen (secondary N) is 2. The van der Waals surface area contributed by atoms with Crippen LogP contribution in [0.2, 0.25) is 0 Å². The molecule has 3 heterocycles. The van der Waals surface area contributed by atoms with Crippen molar-refractivity contribution in [2.24, 2.45) is 0 Å². The maximum atomic E-state index is 4.56. The van der Waals surface area contributed by atoms with Crippen LogP contribution in [0.5, 0.6) is 0 Å². The first-order chi connectivity index (χ1) is 8.83. The molecule has 5 nitrogen and oxygen atoms in total. The Balaban J connectivity index is 1.84. The van der Waals surface area contributed by atoms with Crippen LogP contribution in [0, 0.1) is 0 Å². The normalized spacial score (nSPS) is 19.9. The Kier molecular flexibility index (Phi) is 3.38. The fourth-order valence-electron chi connectivity index (χ4n) is 2.18. The molecule has 0 amide bonds. The van der Waals surface area contributed by atoms with Gasteiger partial charge < -0.3 is 5.32 Å². The highest BCUT2D eigenvalue weighted by Crippen LogP contribution is 2.23. The number of pyridine rings is 1. The lowest BCUT2D eigenvalue weighted by Gasteiger charge is -2.20. The van der Waals surface area contributed by atoms with Crippen molar-refractivity contribution in [1.82, 2.24) is 25.5 Å². The lowest BCUT2D eigenvalue weighted by Crippen LogP contribution is -2.27. The summed E-state index contributed by atoms with van der Waals surface area (Å²) in [7, 11) is 0. The van der Waals surface area contributed by atoms with E-state index < -0.39 is 0 Å². The summed E-state index contributed by atoms with van der Waals surface area (Å²) < 4.78 is 0.933. The van der Waals surface area contributed by atoms with Crippen LogP contribution in [0.4, 0.5) is 0 Å². The minimum absolute atomic E-state index is 0.306. The van der Waals surface area contributed by atoms with Gasteiger partial charge in [0.2, 0.25) is 0 Å². The minimum Gasteiger partial charge on any atom is -0.307 e. The quantitative estimate of drug-likeness (QED) is 0.894. The van der Waals surface area contributed by atoms with Crippen LogP contribution in [0.15, 0.2) is 22.9 Å². The van der Waals surface area contributed by atoms with E-state index in [0.717, 1.165) is 28.8 Å². The largest absolute Gasteiger partial charge is 0.307 e. The number of piperidine rings is 1. The van der Waals surface area contributed by atoms with Crippen molar-refractivity contribution >= 4 is 15.9 Å². The summed E-state index contributed by atoms with van der Waals surface area (Å²) >= 11 is 3.40. The smallest absolute Gasteiger partial charge is 0.182 e. The summed E-state index contributed by atoms with van der Waals surface area (Å²) in [6.07, 6.45) is 7.12. The van der Waals surface area contributed by atoms with Gasteiger partial charge >= 0.3 is 0 Å². The molecule has 18 heavy (non-hydrogen) atoms. The fourth-order valence-corrected chi connectivity index (χ4v) is 2.54. The Labute approximate surface area is 114 Å². The Hall–Kier alpha value is -1.27. The predicted molar refractivity (Wildman–Crippen MR) is 71.9 cm³/mol. The van der Waals surface area contributed by atoms with Crippen LogP contribution in [0.3, 0.4) is 0 Å². The van der Waals surface area contributed by atoms with Gasteiger partial charge in [-0.2, -0.15) is 5.10 Å². The molecule has 1 atom stereocenters. The van der Waals surface area contributed by atoms with Crippen molar-refractivity contribution in [2.45, 2.75) is 25.3 Å². The summed E-state index contributed by atoms with van der Waals surface area (Å²) in [5, 5.41) is 10.7. The number of H-pyrrole nitrogens is 1. The molecule has 94 valence electrons. The van der Waals surface area contributed by atoms with Gasteiger partial charge in [0, 0.05) is 22.4 Å². The van der Waals surface area contributed by atoms with Crippen LogP contribution in [-0.2, 0) is 0 Å². The molecule has 2 aromatic rings. The van der Waals surface area contributed by atoms with Gasteiger partial charge in [0.15, 0.2) is 5.82 Å². The van der Waals surface area contributed by atoms with Crippen LogP contribution in [0.1, 0.15) is 31.1 Å². The lowest BCUT2D eigenvalue weighted by atomic mass is 10.0. The van der Waals surface area contributed by atoms with Crippen molar-refractivity contribution < 1.29 is 0 Å². The van der Waals surface area contributed by atoms with Crippen molar-refractivity contribution in [3.63, 3.8) is 0 Å². The van der Waals surface area contributed by atoms with E-state index in [4.69, 9.17) is 0 Å². The molecule has 6 heteroatoms. The predicted octanol–water partition coefficient (Wildman–Crippen LogP) is 2.44. The topological polar surface area (TPSA) is 66.5 Å². The van der Waals surface area contributed by atoms with Crippen molar-refractivity contribution in [3.8, 4) is 11.4 Å². The molecule has 2 N–H and O–H groups in total. The number of nitrogens with zero attached hydrogens (tertiary/aromatic N) is 3. The van der Waals surface area contributed by atoms with Crippen LogP contribution < -0.4 is 5.32 Å². The van der Waals surface area contributed by atoms with E-state index in [0.29, 0.717) is 11.9 Å². The highest BCUT2D eigenvalue weighted by Gasteiger charge is 2.18. The molecule has 0 bridgehead atoms. The Morgan fingerprint density at radius 3 is 3.00 bits per heavy atom. The third-order valence-corrected chi connectivity index (χ3v) is 3.54. The van der Waals surface area contributed by atoms with Crippen LogP contribution in [-0.4, -0.2) is 26.7 Å². The third kappa shape index (κ3) is 2.44. The number of hydrogen-bond donors (Lipinski definition) is 2. The maximum absolute atomic E-state index is 4.56. The van der Waals surface area contributed by atoms with Gasteiger partial charge in [-0.05, 0) is 41.4 Å². The van der Waals surface area contributed by atoms with Gasteiger partial charge in [-0.3, -0.25) is 10.1 Å². The first kappa shape index (κ1) is 11.8. The first-order valence-electron chi connectivity index (χ1n) is 6.09. The van der Waals surface area contributed by atoms with Gasteiger partial charge in [-0.15, -0.1) is 0 Å². The van der Waals surface area contributed by atoms with Crippen molar-refractivity contribution in [1.29, 1.82) is 0 Å². The lowest BCUT2D eigenvalue weighted by molar-refractivity contribution is 0.398. The van der Waals surface area contributed by atoms with Crippen molar-refractivity contribution in [3.05, 3.63) is 28.8 Å². The van der Waals surface area contributed by atoms with E-state index in [1.807, 2.05) is 6.07 Å². The molecule has 3 rings (SSSR count). The first-order valence-corrected chi connectivity index (χ1v) is 6.89. The summed E-state index contributed by atoms with van der Waals surface area (Å²) in [4.78, 5) is 8.68. The van der Waals surface area contributed by atoms with E-state index in [9.17, 15) is 0 Å². The van der Waals surface area contributed by atoms with Gasteiger partial charge in [-0.1, -0.05) is 6.42 Å². The highest BCUT2D eigenvalue weighted by molar-refractivity contribution is 9.10. The number of hydrogen-bond acceptors (Lipinski definition) is 4. The third-order valence-electron chi connectivity index (χ3n) is 3.11. The van der Waals surface area contributed by atoms with E-state index in [2.05, 4.69) is 41.4 Å². The second kappa shape index (κ2) is 5.16. The number of rotatable bonds is 2. The molecular weight excluding hydrogens is 294 g/mol. The molecule has 0 spiro atoms. The summed E-state index contributed by atoms with van der Waals surface area (Å²) in [5.74, 6) is 1.62. The van der Waals surface area contributed by atoms with E-state index in [1.54, 1.807) is 12.4 Å². The molecule has 1 fully saturated rings. The second-order valence-electron chi connectivity index (χ2n) is 4.44. The molecule has 1 aliphatic rings. The van der Waals surface area contributed by atoms with Crippen molar-refractivity contribution in [2.75, 3.05) is 6.54 Å². The van der Waals surface area contributed by atoms with Gasteiger partial charge in [-0.25, -0.2) is 4.98 Å². The van der Waals surface area contributed by atoms with Gasteiger partial charge in [0.1, 0.15) is 5.82 Å². The zero-order chi connectivity index (χ0) is 12.4. The van der Waals surface area contributed by atoms with E-state index >= 15 is 0 Å². The van der Waals surface area contributed by atoms with Crippen LogP contribution >= 0.6 is 15.9 Å².